The number of piperazine rings is 1. The number of hydrogen-bond donors (Lipinski definition) is 0. The van der Waals surface area contributed by atoms with Crippen LogP contribution < -0.4 is 4.90 Å². The van der Waals surface area contributed by atoms with E-state index in [4.69, 9.17) is 15.1 Å². The number of carbonyl (C=O) groups is 1. The molecule has 2 aromatic carbocycles. The molecule has 1 fully saturated rings. The van der Waals surface area contributed by atoms with Gasteiger partial charge in [-0.3, -0.25) is 4.79 Å². The molecule has 0 atom stereocenters. The SMILES string of the molecule is CCCc1nc(N2CCN(C(=O)c3ccccc3)CC2)c2c(C)nn(-c3ccccc3)c2n1. The van der Waals surface area contributed by atoms with Crippen molar-refractivity contribution in [2.24, 2.45) is 0 Å². The Kier molecular flexibility index (Phi) is 5.77. The maximum absolute atomic E-state index is 12.9. The third kappa shape index (κ3) is 4.06. The monoisotopic (exact) mass is 440 g/mol. The van der Waals surface area contributed by atoms with Crippen LogP contribution in [0.5, 0.6) is 0 Å². The second-order valence-electron chi connectivity index (χ2n) is 8.39. The number of carbonyl (C=O) groups excluding carboxylic acids is 1. The molecule has 0 bridgehead atoms. The van der Waals surface area contributed by atoms with E-state index < -0.39 is 0 Å². The molecule has 168 valence electrons. The summed E-state index contributed by atoms with van der Waals surface area (Å²) in [4.78, 5) is 27.0. The third-order valence-electron chi connectivity index (χ3n) is 6.09. The number of rotatable bonds is 5. The highest BCUT2D eigenvalue weighted by molar-refractivity contribution is 5.94. The predicted molar refractivity (Wildman–Crippen MR) is 130 cm³/mol. The Morgan fingerprint density at radius 2 is 1.58 bits per heavy atom. The average molecular weight is 441 g/mol. The van der Waals surface area contributed by atoms with E-state index in [9.17, 15) is 4.79 Å². The lowest BCUT2D eigenvalue weighted by Gasteiger charge is -2.35. The average Bonchev–Trinajstić information content (AvgIpc) is 3.21. The topological polar surface area (TPSA) is 67.2 Å². The van der Waals surface area contributed by atoms with Gasteiger partial charge in [-0.25, -0.2) is 14.6 Å². The minimum absolute atomic E-state index is 0.0860. The van der Waals surface area contributed by atoms with Gasteiger partial charge in [-0.05, 0) is 37.6 Å². The van der Waals surface area contributed by atoms with Crippen LogP contribution in [0.2, 0.25) is 0 Å². The van der Waals surface area contributed by atoms with Gasteiger partial charge >= 0.3 is 0 Å². The Hall–Kier alpha value is -3.74. The highest BCUT2D eigenvalue weighted by Gasteiger charge is 2.26. The van der Waals surface area contributed by atoms with Crippen molar-refractivity contribution >= 4 is 22.8 Å². The van der Waals surface area contributed by atoms with Crippen LogP contribution in [0.4, 0.5) is 5.82 Å². The fourth-order valence-corrected chi connectivity index (χ4v) is 4.40. The number of benzene rings is 2. The van der Waals surface area contributed by atoms with Crippen molar-refractivity contribution < 1.29 is 4.79 Å². The predicted octanol–water partition coefficient (Wildman–Crippen LogP) is 4.04. The van der Waals surface area contributed by atoms with Gasteiger partial charge < -0.3 is 9.80 Å². The van der Waals surface area contributed by atoms with Crippen LogP contribution in [0.3, 0.4) is 0 Å². The summed E-state index contributed by atoms with van der Waals surface area (Å²) >= 11 is 0. The van der Waals surface area contributed by atoms with Crippen molar-refractivity contribution in [3.05, 3.63) is 77.7 Å². The largest absolute Gasteiger partial charge is 0.352 e. The summed E-state index contributed by atoms with van der Waals surface area (Å²) in [6, 6.07) is 19.6. The zero-order valence-electron chi connectivity index (χ0n) is 19.1. The van der Waals surface area contributed by atoms with Crippen LogP contribution in [0.25, 0.3) is 16.7 Å². The summed E-state index contributed by atoms with van der Waals surface area (Å²) in [6.07, 6.45) is 1.79. The Morgan fingerprint density at radius 3 is 2.24 bits per heavy atom. The Morgan fingerprint density at radius 1 is 0.909 bits per heavy atom. The highest BCUT2D eigenvalue weighted by Crippen LogP contribution is 2.30. The highest BCUT2D eigenvalue weighted by atomic mass is 16.2. The molecule has 0 N–H and O–H groups in total. The van der Waals surface area contributed by atoms with Crippen molar-refractivity contribution in [3.8, 4) is 5.69 Å². The van der Waals surface area contributed by atoms with Crippen molar-refractivity contribution in [1.82, 2.24) is 24.6 Å². The molecule has 0 unspecified atom stereocenters. The quantitative estimate of drug-likeness (QED) is 0.469. The Balaban J connectivity index is 1.48. The maximum atomic E-state index is 12.9. The Bertz CT molecular complexity index is 1260. The van der Waals surface area contributed by atoms with Crippen LogP contribution in [-0.2, 0) is 6.42 Å². The summed E-state index contributed by atoms with van der Waals surface area (Å²) in [5.41, 5.74) is 3.48. The van der Waals surface area contributed by atoms with Crippen LogP contribution in [-0.4, -0.2) is 56.7 Å². The molecule has 33 heavy (non-hydrogen) atoms. The second-order valence-corrected chi connectivity index (χ2v) is 8.39. The van der Waals surface area contributed by atoms with Crippen LogP contribution in [0.1, 0.15) is 35.2 Å². The van der Waals surface area contributed by atoms with Crippen molar-refractivity contribution in [2.45, 2.75) is 26.7 Å². The van der Waals surface area contributed by atoms with E-state index in [1.807, 2.05) is 77.2 Å². The number of para-hydroxylation sites is 1. The summed E-state index contributed by atoms with van der Waals surface area (Å²) in [6.45, 7) is 6.94. The van der Waals surface area contributed by atoms with E-state index in [-0.39, 0.29) is 5.91 Å². The van der Waals surface area contributed by atoms with Gasteiger partial charge in [0.1, 0.15) is 11.6 Å². The smallest absolute Gasteiger partial charge is 0.253 e. The summed E-state index contributed by atoms with van der Waals surface area (Å²) in [5, 5.41) is 5.81. The van der Waals surface area contributed by atoms with E-state index in [1.165, 1.54) is 0 Å². The van der Waals surface area contributed by atoms with Gasteiger partial charge in [-0.2, -0.15) is 5.10 Å². The number of fused-ring (bicyclic) bond motifs is 1. The third-order valence-corrected chi connectivity index (χ3v) is 6.09. The van der Waals surface area contributed by atoms with Crippen molar-refractivity contribution in [2.75, 3.05) is 31.1 Å². The number of nitrogens with zero attached hydrogens (tertiary/aromatic N) is 6. The van der Waals surface area contributed by atoms with E-state index >= 15 is 0 Å². The minimum Gasteiger partial charge on any atom is -0.352 e. The van der Waals surface area contributed by atoms with E-state index in [1.54, 1.807) is 0 Å². The first-order chi connectivity index (χ1) is 16.2. The molecule has 3 heterocycles. The molecule has 0 saturated carbocycles. The Labute approximate surface area is 193 Å². The standard InChI is InChI=1S/C26H28N6O/c1-3-10-22-27-24(23-19(2)29-32(25(23)28-22)21-13-8-5-9-14-21)30-15-17-31(18-16-30)26(33)20-11-6-4-7-12-20/h4-9,11-14H,3,10,15-18H2,1-2H3. The first kappa shape index (κ1) is 21.1. The van der Waals surface area contributed by atoms with Gasteiger partial charge in [0.05, 0.1) is 16.8 Å². The van der Waals surface area contributed by atoms with E-state index in [2.05, 4.69) is 11.8 Å². The molecule has 0 aliphatic carbocycles. The normalized spacial score (nSPS) is 14.1. The van der Waals surface area contributed by atoms with Gasteiger partial charge in [-0.1, -0.05) is 43.3 Å². The molecule has 2 aromatic heterocycles. The zero-order valence-corrected chi connectivity index (χ0v) is 19.1. The first-order valence-electron chi connectivity index (χ1n) is 11.6. The number of aromatic nitrogens is 4. The molecule has 0 spiro atoms. The van der Waals surface area contributed by atoms with Gasteiger partial charge in [-0.15, -0.1) is 0 Å². The molecule has 7 heteroatoms. The van der Waals surface area contributed by atoms with Crippen LogP contribution >= 0.6 is 0 Å². The van der Waals surface area contributed by atoms with Crippen molar-refractivity contribution in [3.63, 3.8) is 0 Å². The zero-order chi connectivity index (χ0) is 22.8. The van der Waals surface area contributed by atoms with Gasteiger partial charge in [0, 0.05) is 38.2 Å². The lowest BCUT2D eigenvalue weighted by molar-refractivity contribution is 0.0746. The fraction of sp³-hybridized carbons (Fsp3) is 0.308. The molecule has 1 saturated heterocycles. The molecule has 5 rings (SSSR count). The second kappa shape index (κ2) is 9.02. The number of hydrogen-bond acceptors (Lipinski definition) is 5. The summed E-state index contributed by atoms with van der Waals surface area (Å²) in [7, 11) is 0. The molecule has 4 aromatic rings. The molecule has 1 amide bonds. The fourth-order valence-electron chi connectivity index (χ4n) is 4.40. The molecule has 7 nitrogen and oxygen atoms in total. The number of aryl methyl sites for hydroxylation is 2. The van der Waals surface area contributed by atoms with Gasteiger partial charge in [0.15, 0.2) is 5.65 Å². The van der Waals surface area contributed by atoms with Crippen molar-refractivity contribution in [1.29, 1.82) is 0 Å². The molecular formula is C26H28N6O. The van der Waals surface area contributed by atoms with E-state index in [0.717, 1.165) is 65.6 Å². The molecule has 1 aliphatic heterocycles. The summed E-state index contributed by atoms with van der Waals surface area (Å²) < 4.78 is 1.92. The minimum atomic E-state index is 0.0860. The van der Waals surface area contributed by atoms with Gasteiger partial charge in [0.2, 0.25) is 0 Å². The lowest BCUT2D eigenvalue weighted by Crippen LogP contribution is -2.49. The molecule has 1 aliphatic rings. The van der Waals surface area contributed by atoms with Gasteiger partial charge in [0.25, 0.3) is 5.91 Å². The van der Waals surface area contributed by atoms with E-state index in [0.29, 0.717) is 13.1 Å². The number of anilines is 1. The first-order valence-corrected chi connectivity index (χ1v) is 11.6. The van der Waals surface area contributed by atoms with Crippen LogP contribution in [0.15, 0.2) is 60.7 Å². The lowest BCUT2D eigenvalue weighted by atomic mass is 10.1. The molecule has 0 radical (unpaired) electrons. The maximum Gasteiger partial charge on any atom is 0.253 e. The summed E-state index contributed by atoms with van der Waals surface area (Å²) in [5.74, 6) is 1.85. The molecular weight excluding hydrogens is 412 g/mol. The number of amides is 1. The van der Waals surface area contributed by atoms with Crippen LogP contribution in [0, 0.1) is 6.92 Å².